The molecule has 22 heavy (non-hydrogen) atoms. The van der Waals surface area contributed by atoms with E-state index in [0.717, 1.165) is 16.5 Å². The van der Waals surface area contributed by atoms with Crippen LogP contribution in [0.25, 0.3) is 10.9 Å². The van der Waals surface area contributed by atoms with Crippen LogP contribution < -0.4 is 5.43 Å². The van der Waals surface area contributed by atoms with E-state index in [-0.39, 0.29) is 11.7 Å². The van der Waals surface area contributed by atoms with Gasteiger partial charge in [0.15, 0.2) is 5.76 Å². The molecule has 0 radical (unpaired) electrons. The van der Waals surface area contributed by atoms with Gasteiger partial charge in [-0.15, -0.1) is 6.58 Å². The maximum atomic E-state index is 11.7. The highest BCUT2D eigenvalue weighted by Crippen LogP contribution is 2.19. The summed E-state index contributed by atoms with van der Waals surface area (Å²) in [5, 5.41) is 5.07. The van der Waals surface area contributed by atoms with E-state index >= 15 is 0 Å². The summed E-state index contributed by atoms with van der Waals surface area (Å²) >= 11 is 0. The van der Waals surface area contributed by atoms with Crippen molar-refractivity contribution in [3.63, 3.8) is 0 Å². The Kier molecular flexibility index (Phi) is 3.87. The minimum absolute atomic E-state index is 0.228. The molecule has 0 aliphatic carbocycles. The van der Waals surface area contributed by atoms with Gasteiger partial charge in [-0.25, -0.2) is 5.43 Å². The molecule has 1 amide bonds. The van der Waals surface area contributed by atoms with E-state index in [2.05, 4.69) is 21.7 Å². The van der Waals surface area contributed by atoms with Gasteiger partial charge in [0.25, 0.3) is 0 Å². The SMILES string of the molecule is C=CCn1cc(/C=N\NC(=O)c2ccco2)c2ccccc21. The van der Waals surface area contributed by atoms with Crippen LogP contribution in [0.5, 0.6) is 0 Å². The molecule has 2 heterocycles. The van der Waals surface area contributed by atoms with E-state index in [0.29, 0.717) is 6.54 Å². The lowest BCUT2D eigenvalue weighted by Crippen LogP contribution is -2.16. The van der Waals surface area contributed by atoms with Gasteiger partial charge in [-0.3, -0.25) is 4.79 Å². The van der Waals surface area contributed by atoms with Gasteiger partial charge in [0.2, 0.25) is 0 Å². The zero-order valence-electron chi connectivity index (χ0n) is 11.9. The molecule has 2 aromatic heterocycles. The molecule has 5 nitrogen and oxygen atoms in total. The van der Waals surface area contributed by atoms with Crippen molar-refractivity contribution in [1.29, 1.82) is 0 Å². The van der Waals surface area contributed by atoms with Crippen LogP contribution in [0.15, 0.2) is 71.0 Å². The number of allylic oxidation sites excluding steroid dienone is 1. The first-order chi connectivity index (χ1) is 10.8. The molecule has 0 atom stereocenters. The predicted molar refractivity (Wildman–Crippen MR) is 85.9 cm³/mol. The van der Waals surface area contributed by atoms with E-state index < -0.39 is 0 Å². The number of rotatable bonds is 5. The summed E-state index contributed by atoms with van der Waals surface area (Å²) in [5.74, 6) is -0.151. The number of hydrogen-bond donors (Lipinski definition) is 1. The number of nitrogens with zero attached hydrogens (tertiary/aromatic N) is 2. The van der Waals surface area contributed by atoms with Gasteiger partial charge >= 0.3 is 5.91 Å². The Labute approximate surface area is 127 Å². The van der Waals surface area contributed by atoms with Gasteiger partial charge in [-0.05, 0) is 18.2 Å². The van der Waals surface area contributed by atoms with Crippen molar-refractivity contribution in [3.8, 4) is 0 Å². The minimum Gasteiger partial charge on any atom is -0.459 e. The van der Waals surface area contributed by atoms with Crippen molar-refractivity contribution < 1.29 is 9.21 Å². The fourth-order valence-corrected chi connectivity index (χ4v) is 2.29. The molecule has 1 N–H and O–H groups in total. The average Bonchev–Trinajstić information content (AvgIpc) is 3.17. The maximum absolute atomic E-state index is 11.7. The second-order valence-electron chi connectivity index (χ2n) is 4.72. The Morgan fingerprint density at radius 3 is 2.95 bits per heavy atom. The summed E-state index contributed by atoms with van der Waals surface area (Å²) in [5.41, 5.74) is 4.47. The number of nitrogens with one attached hydrogen (secondary N) is 1. The summed E-state index contributed by atoms with van der Waals surface area (Å²) in [4.78, 5) is 11.7. The number of para-hydroxylation sites is 1. The van der Waals surface area contributed by atoms with Gasteiger partial charge < -0.3 is 8.98 Å². The lowest BCUT2D eigenvalue weighted by Gasteiger charge is -1.98. The monoisotopic (exact) mass is 293 g/mol. The largest absolute Gasteiger partial charge is 0.459 e. The zero-order valence-corrected chi connectivity index (χ0v) is 11.9. The van der Waals surface area contributed by atoms with Crippen LogP contribution in [0.1, 0.15) is 16.1 Å². The van der Waals surface area contributed by atoms with Gasteiger partial charge in [0.05, 0.1) is 12.5 Å². The molecule has 0 saturated carbocycles. The first kappa shape index (κ1) is 13.9. The van der Waals surface area contributed by atoms with Crippen LogP contribution in [0.3, 0.4) is 0 Å². The van der Waals surface area contributed by atoms with Crippen LogP contribution in [-0.2, 0) is 6.54 Å². The number of hydrogen-bond acceptors (Lipinski definition) is 3. The van der Waals surface area contributed by atoms with Crippen LogP contribution in [-0.4, -0.2) is 16.7 Å². The third-order valence-electron chi connectivity index (χ3n) is 3.26. The van der Waals surface area contributed by atoms with E-state index in [4.69, 9.17) is 4.42 Å². The molecular formula is C17H15N3O2. The van der Waals surface area contributed by atoms with E-state index in [1.165, 1.54) is 6.26 Å². The topological polar surface area (TPSA) is 59.5 Å². The first-order valence-electron chi connectivity index (χ1n) is 6.85. The summed E-state index contributed by atoms with van der Waals surface area (Å²) in [6.45, 7) is 4.48. The Morgan fingerprint density at radius 1 is 1.32 bits per heavy atom. The molecule has 0 aliphatic heterocycles. The fraction of sp³-hybridized carbons (Fsp3) is 0.0588. The standard InChI is InChI=1S/C17H15N3O2/c1-2-9-20-12-13(14-6-3-4-7-15(14)20)11-18-19-17(21)16-8-5-10-22-16/h2-8,10-12H,1,9H2,(H,19,21)/b18-11-. The third-order valence-corrected chi connectivity index (χ3v) is 3.26. The molecule has 1 aromatic carbocycles. The smallest absolute Gasteiger partial charge is 0.307 e. The van der Waals surface area contributed by atoms with E-state index in [9.17, 15) is 4.79 Å². The Bertz CT molecular complexity index is 829. The van der Waals surface area contributed by atoms with Crippen molar-refractivity contribution >= 4 is 23.0 Å². The number of carbonyl (C=O) groups excluding carboxylic acids is 1. The Balaban J connectivity index is 1.83. The number of carbonyl (C=O) groups is 1. The van der Waals surface area contributed by atoms with Crippen molar-refractivity contribution in [2.24, 2.45) is 5.10 Å². The zero-order chi connectivity index (χ0) is 15.4. The Morgan fingerprint density at radius 2 is 2.18 bits per heavy atom. The fourth-order valence-electron chi connectivity index (χ4n) is 2.29. The summed E-state index contributed by atoms with van der Waals surface area (Å²) in [6, 6.07) is 11.3. The van der Waals surface area contributed by atoms with Crippen molar-refractivity contribution in [3.05, 3.63) is 72.8 Å². The van der Waals surface area contributed by atoms with Crippen LogP contribution in [0.2, 0.25) is 0 Å². The lowest BCUT2D eigenvalue weighted by atomic mass is 10.2. The molecule has 3 aromatic rings. The van der Waals surface area contributed by atoms with E-state index in [1.54, 1.807) is 18.3 Å². The number of benzene rings is 1. The lowest BCUT2D eigenvalue weighted by molar-refractivity contribution is 0.0927. The van der Waals surface area contributed by atoms with Gasteiger partial charge in [-0.2, -0.15) is 5.10 Å². The summed E-state index contributed by atoms with van der Waals surface area (Å²) in [7, 11) is 0. The second kappa shape index (κ2) is 6.13. The normalized spacial score (nSPS) is 11.1. The Hall–Kier alpha value is -3.08. The molecule has 0 unspecified atom stereocenters. The maximum Gasteiger partial charge on any atom is 0.307 e. The number of furan rings is 1. The van der Waals surface area contributed by atoms with Crippen molar-refractivity contribution in [2.45, 2.75) is 6.54 Å². The number of fused-ring (bicyclic) bond motifs is 1. The third kappa shape index (κ3) is 2.69. The minimum atomic E-state index is -0.379. The number of hydrazone groups is 1. The molecule has 110 valence electrons. The van der Waals surface area contributed by atoms with E-state index in [1.807, 2.05) is 36.5 Å². The van der Waals surface area contributed by atoms with Crippen LogP contribution in [0, 0.1) is 0 Å². The van der Waals surface area contributed by atoms with Gasteiger partial charge in [0.1, 0.15) is 0 Å². The van der Waals surface area contributed by atoms with Crippen LogP contribution in [0.4, 0.5) is 0 Å². The van der Waals surface area contributed by atoms with Gasteiger partial charge in [0, 0.05) is 29.2 Å². The molecule has 0 saturated heterocycles. The molecule has 5 heteroatoms. The predicted octanol–water partition coefficient (Wildman–Crippen LogP) is 3.18. The highest BCUT2D eigenvalue weighted by molar-refractivity contribution is 6.00. The van der Waals surface area contributed by atoms with Crippen molar-refractivity contribution in [1.82, 2.24) is 9.99 Å². The highest BCUT2D eigenvalue weighted by Gasteiger charge is 2.07. The van der Waals surface area contributed by atoms with Crippen molar-refractivity contribution in [2.75, 3.05) is 0 Å². The molecule has 0 aliphatic rings. The van der Waals surface area contributed by atoms with Gasteiger partial charge in [-0.1, -0.05) is 24.3 Å². The average molecular weight is 293 g/mol. The highest BCUT2D eigenvalue weighted by atomic mass is 16.3. The van der Waals surface area contributed by atoms with Crippen LogP contribution >= 0.6 is 0 Å². The molecule has 3 rings (SSSR count). The molecule has 0 fully saturated rings. The molecular weight excluding hydrogens is 278 g/mol. The first-order valence-corrected chi connectivity index (χ1v) is 6.85. The number of amides is 1. The second-order valence-corrected chi connectivity index (χ2v) is 4.72. The quantitative estimate of drug-likeness (QED) is 0.446. The molecule has 0 spiro atoms. The number of aromatic nitrogens is 1. The summed E-state index contributed by atoms with van der Waals surface area (Å²) in [6.07, 6.45) is 6.89. The molecule has 0 bridgehead atoms. The summed E-state index contributed by atoms with van der Waals surface area (Å²) < 4.78 is 7.08.